The van der Waals surface area contributed by atoms with E-state index < -0.39 is 0 Å². The lowest BCUT2D eigenvalue weighted by molar-refractivity contribution is 0.262. The molecule has 1 aliphatic heterocycles. The van der Waals surface area contributed by atoms with Crippen molar-refractivity contribution in [2.24, 2.45) is 0 Å². The zero-order chi connectivity index (χ0) is 17.1. The van der Waals surface area contributed by atoms with Gasteiger partial charge in [0.15, 0.2) is 0 Å². The van der Waals surface area contributed by atoms with Gasteiger partial charge in [0, 0.05) is 23.3 Å². The molecule has 1 fully saturated rings. The van der Waals surface area contributed by atoms with Gasteiger partial charge in [0.25, 0.3) is 0 Å². The van der Waals surface area contributed by atoms with Gasteiger partial charge in [0.05, 0.1) is 0 Å². The molecule has 1 saturated heterocycles. The monoisotopic (exact) mass is 365 g/mol. The third-order valence-electron chi connectivity index (χ3n) is 4.10. The molecule has 1 aromatic carbocycles. The number of carbonyl (C=O) groups is 1. The van der Waals surface area contributed by atoms with Crippen molar-refractivity contribution < 1.29 is 4.79 Å². The first-order valence-corrected chi connectivity index (χ1v) is 9.16. The molecule has 6 nitrogen and oxygen atoms in total. The van der Waals surface area contributed by atoms with Crippen molar-refractivity contribution in [2.75, 3.05) is 22.1 Å². The Hall–Kier alpha value is -1.86. The van der Waals surface area contributed by atoms with Gasteiger partial charge < -0.3 is 10.2 Å². The van der Waals surface area contributed by atoms with Crippen molar-refractivity contribution in [2.45, 2.75) is 39.2 Å². The summed E-state index contributed by atoms with van der Waals surface area (Å²) in [5, 5.41) is 15.8. The Kier molecular flexibility index (Phi) is 5.20. The van der Waals surface area contributed by atoms with E-state index in [0.717, 1.165) is 17.2 Å². The molecule has 0 saturated carbocycles. The number of urea groups is 1. The topological polar surface area (TPSA) is 70.1 Å². The molecule has 128 valence electrons. The second-order valence-electron chi connectivity index (χ2n) is 5.97. The largest absolute Gasteiger partial charge is 0.344 e. The fourth-order valence-electron chi connectivity index (χ4n) is 2.75. The van der Waals surface area contributed by atoms with Crippen LogP contribution in [0.5, 0.6) is 0 Å². The Labute approximate surface area is 150 Å². The van der Waals surface area contributed by atoms with Crippen LogP contribution in [0.4, 0.5) is 20.7 Å². The number of hydrogen-bond acceptors (Lipinski definition) is 5. The van der Waals surface area contributed by atoms with E-state index in [1.54, 1.807) is 12.1 Å². The van der Waals surface area contributed by atoms with Crippen LogP contribution in [0.2, 0.25) is 5.02 Å². The predicted octanol–water partition coefficient (Wildman–Crippen LogP) is 4.52. The van der Waals surface area contributed by atoms with Gasteiger partial charge in [0.1, 0.15) is 0 Å². The number of halogens is 1. The first-order chi connectivity index (χ1) is 11.5. The molecule has 2 amide bonds. The summed E-state index contributed by atoms with van der Waals surface area (Å²) in [6.07, 6.45) is 3.59. The standard InChI is InChI=1S/C16H20ClN5OS/c1-10-9-12(6-7-13(10)17)18-14(23)19-15-20-21-16(24-15)22-8-4-3-5-11(22)2/h6-7,9,11H,3-5,8H2,1-2H3,(H2,18,19,20,23)/t11-/m0/s1. The number of nitrogens with zero attached hydrogens (tertiary/aromatic N) is 3. The van der Waals surface area contributed by atoms with E-state index in [1.165, 1.54) is 30.6 Å². The molecule has 0 unspecified atom stereocenters. The van der Waals surface area contributed by atoms with Gasteiger partial charge >= 0.3 is 6.03 Å². The van der Waals surface area contributed by atoms with E-state index >= 15 is 0 Å². The van der Waals surface area contributed by atoms with Crippen LogP contribution in [0.3, 0.4) is 0 Å². The molecule has 0 spiro atoms. The number of rotatable bonds is 3. The summed E-state index contributed by atoms with van der Waals surface area (Å²) in [6.45, 7) is 5.08. The SMILES string of the molecule is Cc1cc(NC(=O)Nc2nnc(N3CCCC[C@@H]3C)s2)ccc1Cl. The summed E-state index contributed by atoms with van der Waals surface area (Å²) >= 11 is 7.38. The molecule has 24 heavy (non-hydrogen) atoms. The number of aromatic nitrogens is 2. The number of amides is 2. The highest BCUT2D eigenvalue weighted by atomic mass is 35.5. The Morgan fingerprint density at radius 1 is 1.33 bits per heavy atom. The lowest BCUT2D eigenvalue weighted by Gasteiger charge is -2.32. The molecule has 2 N–H and O–H groups in total. The number of hydrogen-bond donors (Lipinski definition) is 2. The summed E-state index contributed by atoms with van der Waals surface area (Å²) in [5.41, 5.74) is 1.59. The highest BCUT2D eigenvalue weighted by molar-refractivity contribution is 7.19. The third kappa shape index (κ3) is 3.96. The Bertz CT molecular complexity index is 735. The zero-order valence-corrected chi connectivity index (χ0v) is 15.2. The second kappa shape index (κ2) is 7.36. The molecule has 8 heteroatoms. The van der Waals surface area contributed by atoms with Crippen LogP contribution in [-0.2, 0) is 0 Å². The van der Waals surface area contributed by atoms with Gasteiger partial charge in [-0.25, -0.2) is 4.79 Å². The molecule has 0 bridgehead atoms. The van der Waals surface area contributed by atoms with Crippen LogP contribution in [0.25, 0.3) is 0 Å². The quantitative estimate of drug-likeness (QED) is 0.838. The second-order valence-corrected chi connectivity index (χ2v) is 7.33. The van der Waals surface area contributed by atoms with Crippen LogP contribution in [0, 0.1) is 6.92 Å². The molecule has 1 aliphatic rings. The van der Waals surface area contributed by atoms with E-state index in [1.807, 2.05) is 13.0 Å². The summed E-state index contributed by atoms with van der Waals surface area (Å²) in [5.74, 6) is 0. The van der Waals surface area contributed by atoms with Gasteiger partial charge in [-0.05, 0) is 56.9 Å². The number of aryl methyl sites for hydroxylation is 1. The maximum absolute atomic E-state index is 12.1. The van der Waals surface area contributed by atoms with Crippen molar-refractivity contribution in [1.29, 1.82) is 0 Å². The minimum absolute atomic E-state index is 0.342. The average Bonchev–Trinajstić information content (AvgIpc) is 2.99. The summed E-state index contributed by atoms with van der Waals surface area (Å²) in [4.78, 5) is 14.4. The van der Waals surface area contributed by atoms with Crippen molar-refractivity contribution in [3.8, 4) is 0 Å². The van der Waals surface area contributed by atoms with Gasteiger partial charge in [-0.1, -0.05) is 22.9 Å². The van der Waals surface area contributed by atoms with Gasteiger partial charge in [-0.3, -0.25) is 5.32 Å². The zero-order valence-electron chi connectivity index (χ0n) is 13.7. The Morgan fingerprint density at radius 2 is 2.17 bits per heavy atom. The molecule has 0 radical (unpaired) electrons. The number of anilines is 3. The first kappa shape index (κ1) is 17.0. The van der Waals surface area contributed by atoms with Crippen LogP contribution in [0.1, 0.15) is 31.7 Å². The fraction of sp³-hybridized carbons (Fsp3) is 0.438. The van der Waals surface area contributed by atoms with Gasteiger partial charge in [-0.15, -0.1) is 10.2 Å². The van der Waals surface area contributed by atoms with Crippen LogP contribution in [-0.4, -0.2) is 28.8 Å². The summed E-state index contributed by atoms with van der Waals surface area (Å²) in [7, 11) is 0. The normalized spacial score (nSPS) is 17.6. The van der Waals surface area contributed by atoms with Crippen molar-refractivity contribution in [3.05, 3.63) is 28.8 Å². The van der Waals surface area contributed by atoms with Gasteiger partial charge in [-0.2, -0.15) is 0 Å². The fourth-order valence-corrected chi connectivity index (χ4v) is 3.73. The number of benzene rings is 1. The predicted molar refractivity (Wildman–Crippen MR) is 99.4 cm³/mol. The minimum atomic E-state index is -0.342. The summed E-state index contributed by atoms with van der Waals surface area (Å²) < 4.78 is 0. The maximum atomic E-state index is 12.1. The van der Waals surface area contributed by atoms with Crippen molar-refractivity contribution in [1.82, 2.24) is 10.2 Å². The minimum Gasteiger partial charge on any atom is -0.344 e. The van der Waals surface area contributed by atoms with Crippen LogP contribution < -0.4 is 15.5 Å². The highest BCUT2D eigenvalue weighted by Crippen LogP contribution is 2.29. The van der Waals surface area contributed by atoms with Crippen LogP contribution in [0.15, 0.2) is 18.2 Å². The molecule has 1 atom stereocenters. The first-order valence-electron chi connectivity index (χ1n) is 7.97. The lowest BCUT2D eigenvalue weighted by atomic mass is 10.1. The van der Waals surface area contributed by atoms with E-state index in [0.29, 0.717) is 21.9 Å². The molecule has 2 aromatic rings. The van der Waals surface area contributed by atoms with E-state index in [2.05, 4.69) is 32.7 Å². The maximum Gasteiger partial charge on any atom is 0.325 e. The molecule has 1 aromatic heterocycles. The Morgan fingerprint density at radius 3 is 2.92 bits per heavy atom. The number of nitrogens with one attached hydrogen (secondary N) is 2. The molecular weight excluding hydrogens is 346 g/mol. The Balaban J connectivity index is 1.61. The van der Waals surface area contributed by atoms with Crippen LogP contribution >= 0.6 is 22.9 Å². The smallest absolute Gasteiger partial charge is 0.325 e. The van der Waals surface area contributed by atoms with E-state index in [-0.39, 0.29) is 6.03 Å². The molecule has 3 rings (SSSR count). The average molecular weight is 366 g/mol. The third-order valence-corrected chi connectivity index (χ3v) is 5.40. The van der Waals surface area contributed by atoms with E-state index in [4.69, 9.17) is 11.6 Å². The lowest BCUT2D eigenvalue weighted by Crippen LogP contribution is -2.37. The molecular formula is C16H20ClN5OS. The van der Waals surface area contributed by atoms with Crippen molar-refractivity contribution in [3.63, 3.8) is 0 Å². The molecule has 0 aliphatic carbocycles. The molecule has 2 heterocycles. The van der Waals surface area contributed by atoms with E-state index in [9.17, 15) is 4.79 Å². The van der Waals surface area contributed by atoms with Gasteiger partial charge in [0.2, 0.25) is 10.3 Å². The number of carbonyl (C=O) groups excluding carboxylic acids is 1. The highest BCUT2D eigenvalue weighted by Gasteiger charge is 2.22. The number of piperidine rings is 1. The summed E-state index contributed by atoms with van der Waals surface area (Å²) in [6, 6.07) is 5.46. The van der Waals surface area contributed by atoms with Crippen molar-refractivity contribution >= 4 is 44.9 Å².